The van der Waals surface area contributed by atoms with Gasteiger partial charge < -0.3 is 69.1 Å². The fourth-order valence-corrected chi connectivity index (χ4v) is 22.8. The minimum Gasteiger partial charge on any atom is -0.506 e. The maximum Gasteiger partial charge on any atom is 2.00 e. The van der Waals surface area contributed by atoms with Crippen LogP contribution in [0.5, 0.6) is 23.0 Å². The van der Waals surface area contributed by atoms with E-state index in [9.17, 15) is 20.4 Å². The molecule has 0 spiro atoms. The SMILES string of the molecule is Oc1ccccc1N1C=CN(Cc2cccc(-n3c4[c-]cccc4c4ccccc43)n2)[CH-]1.Oc1ccccc1N1C=CN(Cc2cccc(C(c3[c-]cccc3)(c3ccccc3)c3ccccc3)n2)[CH-]1.Oc1ccccc1N1C=CN(Cc2cccc(N(c3[c-]cccc3)c3ccccc3)n2)[CH-]1.Oc1ccccc1N1C=CN(Cc2cccc([Si](c3[c-]cccc3)(c3ccccc3)c3ccccc3)n2)[CH-]1.[Pt+2].[Pt+2].[Pt+2].[Pt+2]. The minimum absolute atomic E-state index is 0. The molecular formula is C121H96N14O4Pt4Si. The molecule has 0 amide bonds. The van der Waals surface area contributed by atoms with Gasteiger partial charge in [0.15, 0.2) is 8.07 Å². The number of nitrogens with zero attached hydrogens (tertiary/aromatic N) is 14. The van der Waals surface area contributed by atoms with Gasteiger partial charge in [0.05, 0.1) is 56.6 Å². The predicted molar refractivity (Wildman–Crippen MR) is 562 cm³/mol. The van der Waals surface area contributed by atoms with Crippen LogP contribution in [0.15, 0.2) is 486 Å². The van der Waals surface area contributed by atoms with Gasteiger partial charge in [0.2, 0.25) is 0 Å². The third-order valence-corrected chi connectivity index (χ3v) is 29.3. The number of rotatable bonds is 24. The number of phenols is 4. The Bertz CT molecular complexity index is 7040. The Morgan fingerprint density at radius 2 is 0.688 bits per heavy atom. The fraction of sp³-hybridized carbons (Fsp3) is 0.0413. The van der Waals surface area contributed by atoms with Crippen molar-refractivity contribution in [1.29, 1.82) is 0 Å². The first-order valence-corrected chi connectivity index (χ1v) is 48.2. The molecule has 4 aliphatic rings. The van der Waals surface area contributed by atoms with Gasteiger partial charge in [-0.25, -0.2) is 9.97 Å². The van der Waals surface area contributed by atoms with Crippen LogP contribution in [0.3, 0.4) is 0 Å². The number of fused-ring (bicyclic) bond motifs is 3. The number of phenolic OH excluding ortho intramolecular Hbond substituents is 4. The van der Waals surface area contributed by atoms with Crippen molar-refractivity contribution in [2.45, 2.75) is 31.6 Å². The van der Waals surface area contributed by atoms with Crippen LogP contribution in [0.25, 0.3) is 27.6 Å². The number of anilines is 7. The summed E-state index contributed by atoms with van der Waals surface area (Å²) in [6.45, 7) is 10.3. The van der Waals surface area contributed by atoms with E-state index in [0.29, 0.717) is 26.2 Å². The number of hydrogen-bond donors (Lipinski definition) is 4. The Kier molecular flexibility index (Phi) is 34.0. The standard InChI is InChI=1S/C34H27N3O.C33H27N3OSi.C27H20N4O.C27H22N4O.4Pt/c38-32-21-11-10-20-31(32)37-24-23-36(26-37)25-30-19-12-22-33(35-30)34(27-13-4-1-5-14-27,28-15-6-2-7-16-28)29-17-8-3-9-18-29;37-32-21-11-10-20-31(32)36-24-23-35(26-36)25-27-13-12-22-33(34-27)38(28-14-4-1-5-15-28,29-16-6-2-7-17-29)30-18-8-3-9-19-30;32-26-14-6-5-13-25(26)30-17-16-29(19-30)18-20-8-7-15-27(28-20)31-23-11-3-1-9-21(23)22-10-2-4-12-24(22)31;32-26-16-8-7-15-25(26)30-19-18-29(21-30)20-22-10-9-17-27(28-22)31(23-11-3-1-4-12-23)24-13-5-2-6-14-24;;;;/h1-17,19-24,26,38H,25H2;1-18,20-24,26,37H,25H2;1-11,13-17,19,32H,18H2;1-13,15-19,21,32H,20H2;;;;/q4*-2;4*+2. The number of para-hydroxylation sites is 12. The van der Waals surface area contributed by atoms with Crippen LogP contribution in [0, 0.1) is 50.9 Å². The third kappa shape index (κ3) is 22.5. The zero-order chi connectivity index (χ0) is 94.8. The summed E-state index contributed by atoms with van der Waals surface area (Å²) < 4.78 is 2.17. The molecule has 0 saturated carbocycles. The molecule has 0 aliphatic carbocycles. The van der Waals surface area contributed by atoms with Crippen molar-refractivity contribution in [3.8, 4) is 28.8 Å². The zero-order valence-electron chi connectivity index (χ0n) is 77.6. The molecule has 14 aromatic carbocycles. The Morgan fingerprint density at radius 3 is 1.16 bits per heavy atom. The van der Waals surface area contributed by atoms with Gasteiger partial charge in [0.25, 0.3) is 0 Å². The summed E-state index contributed by atoms with van der Waals surface area (Å²) in [6.07, 6.45) is 15.7. The van der Waals surface area contributed by atoms with Gasteiger partial charge in [0.1, 0.15) is 34.6 Å². The molecular weight excluding hydrogens is 2520 g/mol. The van der Waals surface area contributed by atoms with Gasteiger partial charge in [-0.15, -0.1) is 17.0 Å². The molecule has 0 saturated heterocycles. The number of pyridine rings is 4. The van der Waals surface area contributed by atoms with Gasteiger partial charge >= 0.3 is 84.3 Å². The molecule has 23 heteroatoms. The molecule has 9 heterocycles. The largest absolute Gasteiger partial charge is 2.00 e. The van der Waals surface area contributed by atoms with Crippen molar-refractivity contribution in [1.82, 2.24) is 44.1 Å². The maximum absolute atomic E-state index is 10.3. The number of benzene rings is 14. The third-order valence-electron chi connectivity index (χ3n) is 24.7. The molecule has 718 valence electrons. The minimum atomic E-state index is -2.72. The van der Waals surface area contributed by atoms with Gasteiger partial charge in [-0.3, -0.25) is 9.97 Å². The second-order valence-corrected chi connectivity index (χ2v) is 37.4. The van der Waals surface area contributed by atoms with E-state index < -0.39 is 13.5 Å². The molecule has 144 heavy (non-hydrogen) atoms. The van der Waals surface area contributed by atoms with Gasteiger partial charge in [-0.05, 0) is 192 Å². The molecule has 4 aliphatic heterocycles. The summed E-state index contributed by atoms with van der Waals surface area (Å²) in [5.41, 5.74) is 14.5. The van der Waals surface area contributed by atoms with E-state index in [-0.39, 0.29) is 107 Å². The van der Waals surface area contributed by atoms with Crippen LogP contribution in [-0.2, 0) is 116 Å². The molecule has 18 nitrogen and oxygen atoms in total. The first kappa shape index (κ1) is 102. The molecule has 0 unspecified atom stereocenters. The van der Waals surface area contributed by atoms with E-state index >= 15 is 0 Å². The number of aromatic hydroxyl groups is 4. The van der Waals surface area contributed by atoms with Crippen LogP contribution in [0.4, 0.5) is 39.9 Å². The summed E-state index contributed by atoms with van der Waals surface area (Å²) in [5.74, 6) is 2.68. The summed E-state index contributed by atoms with van der Waals surface area (Å²) in [6, 6.07) is 160. The normalized spacial score (nSPS) is 12.8. The van der Waals surface area contributed by atoms with E-state index in [1.807, 2.05) is 301 Å². The average Bonchev–Trinajstić information content (AvgIpc) is 0.913. The van der Waals surface area contributed by atoms with Crippen LogP contribution in [-0.4, -0.2) is 72.6 Å². The van der Waals surface area contributed by atoms with Crippen molar-refractivity contribution in [2.75, 3.05) is 24.5 Å². The molecule has 23 rings (SSSR count). The molecule has 0 radical (unpaired) electrons. The number of aromatic nitrogens is 5. The van der Waals surface area contributed by atoms with Crippen molar-refractivity contribution < 1.29 is 105 Å². The molecule has 4 N–H and O–H groups in total. The molecule has 5 aromatic heterocycles. The number of hydrogen-bond acceptors (Lipinski definition) is 17. The van der Waals surface area contributed by atoms with Crippen molar-refractivity contribution in [3.05, 3.63) is 582 Å². The van der Waals surface area contributed by atoms with Gasteiger partial charge in [0, 0.05) is 42.7 Å². The molecule has 0 bridgehead atoms. The Hall–Kier alpha value is -15.2. The Morgan fingerprint density at radius 1 is 0.299 bits per heavy atom. The summed E-state index contributed by atoms with van der Waals surface area (Å²) in [7, 11) is -2.72. The second-order valence-electron chi connectivity index (χ2n) is 33.7. The first-order valence-electron chi connectivity index (χ1n) is 46.2. The van der Waals surface area contributed by atoms with Crippen molar-refractivity contribution >= 4 is 90.7 Å². The molecule has 19 aromatic rings. The van der Waals surface area contributed by atoms with Crippen LogP contribution >= 0.6 is 0 Å². The van der Waals surface area contributed by atoms with Crippen molar-refractivity contribution in [3.63, 3.8) is 0 Å². The van der Waals surface area contributed by atoms with Gasteiger partial charge in [-0.2, -0.15) is 141 Å². The van der Waals surface area contributed by atoms with E-state index in [1.54, 1.807) is 24.3 Å². The quantitative estimate of drug-likeness (QED) is 0.0256. The van der Waals surface area contributed by atoms with Gasteiger partial charge in [-0.1, -0.05) is 242 Å². The average molecular weight is 2620 g/mol. The second kappa shape index (κ2) is 48.1. The molecule has 0 fully saturated rings. The maximum atomic E-state index is 10.3. The molecule has 0 atom stereocenters. The first-order chi connectivity index (χ1) is 69.0. The topological polar surface area (TPSA) is 167 Å². The van der Waals surface area contributed by atoms with E-state index in [2.05, 4.69) is 261 Å². The Balaban J connectivity index is 0.000000137. The smallest absolute Gasteiger partial charge is 0.506 e. The summed E-state index contributed by atoms with van der Waals surface area (Å²) in [5, 5.41) is 48.0. The summed E-state index contributed by atoms with van der Waals surface area (Å²) in [4.78, 5) is 38.5. The van der Waals surface area contributed by atoms with Crippen molar-refractivity contribution in [2.24, 2.45) is 0 Å². The predicted octanol–water partition coefficient (Wildman–Crippen LogP) is 22.3. The van der Waals surface area contributed by atoms with Crippen LogP contribution in [0.1, 0.15) is 45.2 Å². The zero-order valence-corrected chi connectivity index (χ0v) is 87.7. The fourth-order valence-electron chi connectivity index (χ4n) is 18.3. The van der Waals surface area contributed by atoms with E-state index in [0.717, 1.165) is 107 Å². The Labute approximate surface area is 898 Å². The van der Waals surface area contributed by atoms with Crippen LogP contribution < -0.4 is 45.4 Å². The van der Waals surface area contributed by atoms with E-state index in [4.69, 9.17) is 19.9 Å². The monoisotopic (exact) mass is 2620 g/mol. The summed E-state index contributed by atoms with van der Waals surface area (Å²) >= 11 is 0. The van der Waals surface area contributed by atoms with Crippen LogP contribution in [0.2, 0.25) is 0 Å². The van der Waals surface area contributed by atoms with E-state index in [1.165, 1.54) is 26.3 Å².